The molecule has 0 saturated heterocycles. The van der Waals surface area contributed by atoms with Crippen molar-refractivity contribution in [2.24, 2.45) is 0 Å². The highest BCUT2D eigenvalue weighted by Gasteiger charge is 2.27. The van der Waals surface area contributed by atoms with Gasteiger partial charge in [0.1, 0.15) is 0 Å². The Hall–Kier alpha value is -1.44. The van der Waals surface area contributed by atoms with Crippen LogP contribution in [0.3, 0.4) is 0 Å². The van der Waals surface area contributed by atoms with Crippen molar-refractivity contribution < 1.29 is 13.2 Å². The smallest absolute Gasteiger partial charge is 0.224 e. The fourth-order valence-electron chi connectivity index (χ4n) is 2.09. The van der Waals surface area contributed by atoms with Crippen LogP contribution in [0.2, 0.25) is 0 Å². The third kappa shape index (κ3) is 5.03. The van der Waals surface area contributed by atoms with E-state index in [4.69, 9.17) is 0 Å². The van der Waals surface area contributed by atoms with Crippen LogP contribution >= 0.6 is 11.3 Å². The number of rotatable bonds is 7. The summed E-state index contributed by atoms with van der Waals surface area (Å²) < 4.78 is 26.7. The minimum Gasteiger partial charge on any atom is -0.326 e. The second-order valence-electron chi connectivity index (χ2n) is 6.69. The van der Waals surface area contributed by atoms with E-state index in [9.17, 15) is 13.2 Å². The summed E-state index contributed by atoms with van der Waals surface area (Å²) in [5.74, 6) is -0.0513. The number of carbonyl (C=O) groups excluding carboxylic acids is 1. The Morgan fingerprint density at radius 3 is 2.62 bits per heavy atom. The van der Waals surface area contributed by atoms with E-state index in [1.807, 2.05) is 29.6 Å². The Balaban J connectivity index is 1.72. The number of anilines is 1. The van der Waals surface area contributed by atoms with Gasteiger partial charge in [-0.3, -0.25) is 4.79 Å². The van der Waals surface area contributed by atoms with Crippen LogP contribution in [0.1, 0.15) is 40.0 Å². The summed E-state index contributed by atoms with van der Waals surface area (Å²) in [6.07, 6.45) is 1.64. The molecular weight excluding hydrogens is 344 g/mol. The molecule has 0 bridgehead atoms. The average Bonchev–Trinajstić information content (AvgIpc) is 2.93. The van der Waals surface area contributed by atoms with Crippen molar-refractivity contribution in [2.45, 2.75) is 44.8 Å². The van der Waals surface area contributed by atoms with Gasteiger partial charge in [-0.2, -0.15) is 0 Å². The van der Waals surface area contributed by atoms with Crippen molar-refractivity contribution >= 4 is 43.0 Å². The molecule has 1 heterocycles. The first-order valence-electron chi connectivity index (χ1n) is 7.95. The molecule has 0 fully saturated rings. The minimum absolute atomic E-state index is 0.0513. The highest BCUT2D eigenvalue weighted by Crippen LogP contribution is 2.24. The molecule has 24 heavy (non-hydrogen) atoms. The summed E-state index contributed by atoms with van der Waals surface area (Å²) in [4.78, 5) is 12.0. The second-order valence-corrected chi connectivity index (χ2v) is 10.2. The Morgan fingerprint density at radius 2 is 1.92 bits per heavy atom. The van der Waals surface area contributed by atoms with E-state index in [1.54, 1.807) is 32.1 Å². The fourth-order valence-corrected chi connectivity index (χ4v) is 3.76. The quantitative estimate of drug-likeness (QED) is 0.731. The fraction of sp³-hybridized carbons (Fsp3) is 0.471. The molecule has 5 nitrogen and oxygen atoms in total. The van der Waals surface area contributed by atoms with Crippen molar-refractivity contribution in [3.8, 4) is 0 Å². The molecule has 0 unspecified atom stereocenters. The van der Waals surface area contributed by atoms with E-state index in [1.165, 1.54) is 5.39 Å². The third-order valence-corrected chi connectivity index (χ3v) is 6.75. The lowest BCUT2D eigenvalue weighted by molar-refractivity contribution is -0.116. The Bertz CT molecular complexity index is 805. The molecule has 0 aliphatic carbocycles. The molecule has 7 heteroatoms. The van der Waals surface area contributed by atoms with Gasteiger partial charge in [0.25, 0.3) is 0 Å². The first kappa shape index (κ1) is 18.9. The largest absolute Gasteiger partial charge is 0.326 e. The third-order valence-electron chi connectivity index (χ3n) is 3.67. The zero-order chi connectivity index (χ0) is 17.8. The van der Waals surface area contributed by atoms with Gasteiger partial charge in [0.15, 0.2) is 0 Å². The molecule has 132 valence electrons. The number of nitrogens with one attached hydrogen (secondary N) is 2. The predicted molar refractivity (Wildman–Crippen MR) is 101 cm³/mol. The Kier molecular flexibility index (Phi) is 6.01. The van der Waals surface area contributed by atoms with Gasteiger partial charge < -0.3 is 5.32 Å². The van der Waals surface area contributed by atoms with Gasteiger partial charge in [0, 0.05) is 23.4 Å². The lowest BCUT2D eigenvalue weighted by atomic mass is 10.2. The van der Waals surface area contributed by atoms with Crippen LogP contribution in [0, 0.1) is 0 Å². The maximum atomic E-state index is 12.0. The van der Waals surface area contributed by atoms with Crippen molar-refractivity contribution in [3.05, 3.63) is 29.6 Å². The van der Waals surface area contributed by atoms with Gasteiger partial charge in [-0.25, -0.2) is 13.1 Å². The van der Waals surface area contributed by atoms with Crippen LogP contribution in [0.4, 0.5) is 5.69 Å². The molecular formula is C17H24N2O3S2. The van der Waals surface area contributed by atoms with Crippen LogP contribution in [0.15, 0.2) is 29.6 Å². The van der Waals surface area contributed by atoms with Crippen molar-refractivity contribution in [1.82, 2.24) is 4.72 Å². The lowest BCUT2D eigenvalue weighted by Crippen LogP contribution is -2.39. The monoisotopic (exact) mass is 368 g/mol. The molecule has 2 rings (SSSR count). The molecule has 1 aromatic heterocycles. The molecule has 0 spiro atoms. The Morgan fingerprint density at radius 1 is 1.17 bits per heavy atom. The zero-order valence-electron chi connectivity index (χ0n) is 14.3. The standard InChI is InChI=1S/C17H24N2O3S2/c1-17(2,3)24(21,22)18-10-5-4-6-16(20)19-14-8-7-13-9-11-23-15(13)12-14/h7-9,11-12,18H,4-6,10H2,1-3H3,(H,19,20). The van der Waals surface area contributed by atoms with Crippen LogP contribution in [-0.2, 0) is 14.8 Å². The molecule has 0 atom stereocenters. The summed E-state index contributed by atoms with van der Waals surface area (Å²) in [6, 6.07) is 7.90. The molecule has 2 N–H and O–H groups in total. The molecule has 0 aliphatic rings. The second kappa shape index (κ2) is 7.63. The maximum absolute atomic E-state index is 12.0. The predicted octanol–water partition coefficient (Wildman–Crippen LogP) is 3.73. The number of thiophene rings is 1. The lowest BCUT2D eigenvalue weighted by Gasteiger charge is -2.19. The minimum atomic E-state index is -3.31. The molecule has 2 aromatic rings. The van der Waals surface area contributed by atoms with Gasteiger partial charge in [-0.15, -0.1) is 11.3 Å². The van der Waals surface area contributed by atoms with E-state index in [-0.39, 0.29) is 5.91 Å². The summed E-state index contributed by atoms with van der Waals surface area (Å²) in [5, 5.41) is 6.08. The number of sulfonamides is 1. The van der Waals surface area contributed by atoms with Crippen LogP contribution < -0.4 is 10.0 Å². The summed E-state index contributed by atoms with van der Waals surface area (Å²) in [5.41, 5.74) is 0.795. The van der Waals surface area contributed by atoms with Crippen molar-refractivity contribution in [2.75, 3.05) is 11.9 Å². The van der Waals surface area contributed by atoms with Crippen molar-refractivity contribution in [1.29, 1.82) is 0 Å². The van der Waals surface area contributed by atoms with E-state index in [0.29, 0.717) is 25.8 Å². The molecule has 0 aliphatic heterocycles. The molecule has 0 radical (unpaired) electrons. The van der Waals surface area contributed by atoms with Crippen LogP contribution in [-0.4, -0.2) is 25.6 Å². The maximum Gasteiger partial charge on any atom is 0.224 e. The highest BCUT2D eigenvalue weighted by atomic mass is 32.2. The van der Waals surface area contributed by atoms with E-state index in [0.717, 1.165) is 10.4 Å². The number of fused-ring (bicyclic) bond motifs is 1. The number of amides is 1. The van der Waals surface area contributed by atoms with Gasteiger partial charge in [-0.1, -0.05) is 6.07 Å². The van der Waals surface area contributed by atoms with Gasteiger partial charge in [-0.05, 0) is 62.6 Å². The van der Waals surface area contributed by atoms with E-state index < -0.39 is 14.8 Å². The first-order chi connectivity index (χ1) is 11.2. The summed E-state index contributed by atoms with van der Waals surface area (Å²) in [6.45, 7) is 5.33. The van der Waals surface area contributed by atoms with Gasteiger partial charge in [0.2, 0.25) is 15.9 Å². The highest BCUT2D eigenvalue weighted by molar-refractivity contribution is 7.90. The first-order valence-corrected chi connectivity index (χ1v) is 10.3. The Labute approximate surface area is 147 Å². The summed E-state index contributed by atoms with van der Waals surface area (Å²) in [7, 11) is -3.31. The molecule has 1 aromatic carbocycles. The van der Waals surface area contributed by atoms with Crippen LogP contribution in [0.5, 0.6) is 0 Å². The van der Waals surface area contributed by atoms with E-state index >= 15 is 0 Å². The average molecular weight is 369 g/mol. The number of hydrogen-bond acceptors (Lipinski definition) is 4. The van der Waals surface area contributed by atoms with Gasteiger partial charge in [0.05, 0.1) is 4.75 Å². The number of hydrogen-bond donors (Lipinski definition) is 2. The normalized spacial score (nSPS) is 12.5. The number of benzene rings is 1. The summed E-state index contributed by atoms with van der Waals surface area (Å²) >= 11 is 1.64. The van der Waals surface area contributed by atoms with E-state index in [2.05, 4.69) is 10.0 Å². The molecule has 0 saturated carbocycles. The molecule has 1 amide bonds. The van der Waals surface area contributed by atoms with Crippen molar-refractivity contribution in [3.63, 3.8) is 0 Å². The van der Waals surface area contributed by atoms with Gasteiger partial charge >= 0.3 is 0 Å². The number of unbranched alkanes of at least 4 members (excludes halogenated alkanes) is 1. The zero-order valence-corrected chi connectivity index (χ0v) is 15.9. The SMILES string of the molecule is CC(C)(C)S(=O)(=O)NCCCCC(=O)Nc1ccc2ccsc2c1. The topological polar surface area (TPSA) is 75.3 Å². The van der Waals surface area contributed by atoms with Crippen LogP contribution in [0.25, 0.3) is 10.1 Å². The number of carbonyl (C=O) groups is 1.